The quantitative estimate of drug-likeness (QED) is 0.813. The second-order valence-corrected chi connectivity index (χ2v) is 3.49. The zero-order valence-electron chi connectivity index (χ0n) is 8.54. The first-order valence-electron chi connectivity index (χ1n) is 4.68. The molecule has 0 bridgehead atoms. The largest absolute Gasteiger partial charge is 0.417 e. The Morgan fingerprint density at radius 1 is 1.38 bits per heavy atom. The molecule has 2 aromatic rings. The van der Waals surface area contributed by atoms with Crippen LogP contribution < -0.4 is 5.73 Å². The van der Waals surface area contributed by atoms with Gasteiger partial charge in [0, 0.05) is 12.7 Å². The first-order chi connectivity index (χ1) is 7.43. The summed E-state index contributed by atoms with van der Waals surface area (Å²) in [6.45, 7) is 1.89. The van der Waals surface area contributed by atoms with Crippen LogP contribution in [0.15, 0.2) is 18.3 Å². The zero-order chi connectivity index (χ0) is 11.9. The van der Waals surface area contributed by atoms with Gasteiger partial charge in [0.1, 0.15) is 5.65 Å². The number of pyridine rings is 1. The number of nitrogens with zero attached hydrogens (tertiary/aromatic N) is 2. The van der Waals surface area contributed by atoms with E-state index in [1.807, 2.05) is 0 Å². The number of aromatic nitrogens is 2. The maximum atomic E-state index is 12.5. The Morgan fingerprint density at radius 2 is 2.06 bits per heavy atom. The number of fused-ring (bicyclic) bond motifs is 1. The standard InChI is InChI=1S/C10H10F3N3/c1-6-8(4-14)16-5-7(10(11,12)13)2-3-9(16)15-6/h2-3,5H,4,14H2,1H3. The molecule has 3 nitrogen and oxygen atoms in total. The molecule has 2 rings (SSSR count). The van der Waals surface area contributed by atoms with Crippen molar-refractivity contribution in [3.63, 3.8) is 0 Å². The number of rotatable bonds is 1. The van der Waals surface area contributed by atoms with Crippen molar-refractivity contribution in [3.05, 3.63) is 35.3 Å². The molecule has 2 N–H and O–H groups in total. The predicted molar refractivity (Wildman–Crippen MR) is 52.8 cm³/mol. The fourth-order valence-electron chi connectivity index (χ4n) is 1.62. The number of imidazole rings is 1. The smallest absolute Gasteiger partial charge is 0.325 e. The summed E-state index contributed by atoms with van der Waals surface area (Å²) < 4.78 is 38.9. The second kappa shape index (κ2) is 3.48. The number of alkyl halides is 3. The summed E-state index contributed by atoms with van der Waals surface area (Å²) in [7, 11) is 0. The van der Waals surface area contributed by atoms with Crippen molar-refractivity contribution in [2.24, 2.45) is 5.73 Å². The van der Waals surface area contributed by atoms with Crippen molar-refractivity contribution < 1.29 is 13.2 Å². The molecule has 0 spiro atoms. The molecule has 2 heterocycles. The number of halogens is 3. The van der Waals surface area contributed by atoms with Gasteiger partial charge >= 0.3 is 6.18 Å². The summed E-state index contributed by atoms with van der Waals surface area (Å²) in [5.74, 6) is 0. The Morgan fingerprint density at radius 3 is 2.62 bits per heavy atom. The van der Waals surface area contributed by atoms with Crippen LogP contribution in [-0.4, -0.2) is 9.38 Å². The van der Waals surface area contributed by atoms with Crippen LogP contribution in [0.5, 0.6) is 0 Å². The van der Waals surface area contributed by atoms with Crippen LogP contribution in [0.1, 0.15) is 17.0 Å². The average Bonchev–Trinajstić information content (AvgIpc) is 2.50. The van der Waals surface area contributed by atoms with Crippen molar-refractivity contribution in [1.29, 1.82) is 0 Å². The molecule has 0 saturated heterocycles. The number of hydrogen-bond donors (Lipinski definition) is 1. The molecule has 0 saturated carbocycles. The second-order valence-electron chi connectivity index (χ2n) is 3.49. The summed E-state index contributed by atoms with van der Waals surface area (Å²) in [6, 6.07) is 2.36. The summed E-state index contributed by atoms with van der Waals surface area (Å²) >= 11 is 0. The van der Waals surface area contributed by atoms with Crippen molar-refractivity contribution in [2.45, 2.75) is 19.6 Å². The van der Waals surface area contributed by atoms with E-state index in [1.165, 1.54) is 10.5 Å². The normalized spacial score (nSPS) is 12.3. The van der Waals surface area contributed by atoms with E-state index in [4.69, 9.17) is 5.73 Å². The van der Waals surface area contributed by atoms with Gasteiger partial charge in [-0.05, 0) is 19.1 Å². The van der Waals surface area contributed by atoms with Crippen molar-refractivity contribution in [1.82, 2.24) is 9.38 Å². The van der Waals surface area contributed by atoms with Crippen molar-refractivity contribution >= 4 is 5.65 Å². The fourth-order valence-corrected chi connectivity index (χ4v) is 1.62. The maximum Gasteiger partial charge on any atom is 0.417 e. The highest BCUT2D eigenvalue weighted by Gasteiger charge is 2.31. The van der Waals surface area contributed by atoms with Crippen LogP contribution in [0.2, 0.25) is 0 Å². The highest BCUT2D eigenvalue weighted by Crippen LogP contribution is 2.29. The lowest BCUT2D eigenvalue weighted by molar-refractivity contribution is -0.137. The fraction of sp³-hybridized carbons (Fsp3) is 0.300. The van der Waals surface area contributed by atoms with Gasteiger partial charge in [-0.2, -0.15) is 13.2 Å². The molecule has 16 heavy (non-hydrogen) atoms. The van der Waals surface area contributed by atoms with E-state index in [-0.39, 0.29) is 6.54 Å². The van der Waals surface area contributed by atoms with E-state index < -0.39 is 11.7 Å². The average molecular weight is 229 g/mol. The first kappa shape index (κ1) is 10.9. The third-order valence-corrected chi connectivity index (χ3v) is 2.44. The minimum atomic E-state index is -4.35. The molecule has 0 fully saturated rings. The monoisotopic (exact) mass is 229 g/mol. The molecule has 0 radical (unpaired) electrons. The van der Waals surface area contributed by atoms with E-state index in [2.05, 4.69) is 4.98 Å². The molecule has 0 aromatic carbocycles. The predicted octanol–water partition coefficient (Wildman–Crippen LogP) is 2.12. The lowest BCUT2D eigenvalue weighted by Gasteiger charge is -2.07. The molecule has 6 heteroatoms. The van der Waals surface area contributed by atoms with E-state index in [9.17, 15) is 13.2 Å². The molecular weight excluding hydrogens is 219 g/mol. The molecular formula is C10H10F3N3. The van der Waals surface area contributed by atoms with Gasteiger partial charge in [0.15, 0.2) is 0 Å². The Kier molecular flexibility index (Phi) is 2.38. The third kappa shape index (κ3) is 1.65. The maximum absolute atomic E-state index is 12.5. The molecule has 86 valence electrons. The molecule has 0 unspecified atom stereocenters. The van der Waals surface area contributed by atoms with Crippen molar-refractivity contribution in [3.8, 4) is 0 Å². The van der Waals surface area contributed by atoms with Gasteiger partial charge in [0.25, 0.3) is 0 Å². The number of aryl methyl sites for hydroxylation is 1. The minimum absolute atomic E-state index is 0.161. The van der Waals surface area contributed by atoms with Gasteiger partial charge in [-0.25, -0.2) is 4.98 Å². The van der Waals surface area contributed by atoms with E-state index in [1.54, 1.807) is 6.92 Å². The highest BCUT2D eigenvalue weighted by atomic mass is 19.4. The Balaban J connectivity index is 2.69. The van der Waals surface area contributed by atoms with Crippen LogP contribution >= 0.6 is 0 Å². The van der Waals surface area contributed by atoms with Crippen LogP contribution in [-0.2, 0) is 12.7 Å². The third-order valence-electron chi connectivity index (χ3n) is 2.44. The first-order valence-corrected chi connectivity index (χ1v) is 4.68. The highest BCUT2D eigenvalue weighted by molar-refractivity contribution is 5.44. The summed E-state index contributed by atoms with van der Waals surface area (Å²) in [4.78, 5) is 4.12. The molecule has 0 aliphatic heterocycles. The lowest BCUT2D eigenvalue weighted by atomic mass is 10.2. The Hall–Kier alpha value is -1.56. The molecule has 2 aromatic heterocycles. The van der Waals surface area contributed by atoms with E-state index >= 15 is 0 Å². The van der Waals surface area contributed by atoms with E-state index in [0.717, 1.165) is 12.3 Å². The SMILES string of the molecule is Cc1nc2ccc(C(F)(F)F)cn2c1CN. The Labute approximate surface area is 89.7 Å². The van der Waals surface area contributed by atoms with Crippen LogP contribution in [0.25, 0.3) is 5.65 Å². The van der Waals surface area contributed by atoms with Gasteiger partial charge in [-0.3, -0.25) is 0 Å². The molecule has 0 aliphatic rings. The number of nitrogens with two attached hydrogens (primary N) is 1. The van der Waals surface area contributed by atoms with Crippen LogP contribution in [0.4, 0.5) is 13.2 Å². The van der Waals surface area contributed by atoms with Gasteiger partial charge in [-0.1, -0.05) is 0 Å². The number of hydrogen-bond acceptors (Lipinski definition) is 2. The molecule has 0 amide bonds. The summed E-state index contributed by atoms with van der Waals surface area (Å²) in [6.07, 6.45) is -3.32. The van der Waals surface area contributed by atoms with Gasteiger partial charge in [-0.15, -0.1) is 0 Å². The Bertz CT molecular complexity index is 528. The van der Waals surface area contributed by atoms with Gasteiger partial charge in [0.2, 0.25) is 0 Å². The van der Waals surface area contributed by atoms with Gasteiger partial charge in [0.05, 0.1) is 17.0 Å². The molecule has 0 aliphatic carbocycles. The van der Waals surface area contributed by atoms with Crippen LogP contribution in [0, 0.1) is 6.92 Å². The zero-order valence-corrected chi connectivity index (χ0v) is 8.54. The van der Waals surface area contributed by atoms with Crippen LogP contribution in [0.3, 0.4) is 0 Å². The van der Waals surface area contributed by atoms with Crippen molar-refractivity contribution in [2.75, 3.05) is 0 Å². The van der Waals surface area contributed by atoms with E-state index in [0.29, 0.717) is 17.0 Å². The summed E-state index contributed by atoms with van der Waals surface area (Å²) in [5, 5.41) is 0. The summed E-state index contributed by atoms with van der Waals surface area (Å²) in [5.41, 5.74) is 6.51. The molecule has 0 atom stereocenters. The van der Waals surface area contributed by atoms with Gasteiger partial charge < -0.3 is 10.1 Å². The topological polar surface area (TPSA) is 43.3 Å². The minimum Gasteiger partial charge on any atom is -0.325 e. The lowest BCUT2D eigenvalue weighted by Crippen LogP contribution is -2.08.